The Labute approximate surface area is 269 Å². The number of hydrogen-bond acceptors (Lipinski definition) is 10. The summed E-state index contributed by atoms with van der Waals surface area (Å²) < 4.78 is 28.3. The predicted octanol–water partition coefficient (Wildman–Crippen LogP) is 4.06. The molecule has 4 fully saturated rings. The van der Waals surface area contributed by atoms with E-state index in [0.717, 1.165) is 34.0 Å². The Morgan fingerprint density at radius 1 is 0.891 bits per heavy atom. The molecule has 12 nitrogen and oxygen atoms in total. The number of nitrogens with zero attached hydrogens (tertiary/aromatic N) is 9. The number of likely N-dealkylation sites (tertiary alicyclic amines) is 1. The Kier molecular flexibility index (Phi) is 7.29. The monoisotopic (exact) mass is 638 g/mol. The number of aromatic nitrogens is 7. The van der Waals surface area contributed by atoms with E-state index in [1.54, 1.807) is 12.3 Å². The second kappa shape index (κ2) is 11.5. The molecule has 6 heterocycles. The highest BCUT2D eigenvalue weighted by Crippen LogP contribution is 2.42. The standard InChI is InChI=1S/C33H38N10O2S/c1-40-14-9-33(10-15-40)11-16-41(17-12-33)29-18-31(35-20-25(29)3-2-24-19-36-42(22-24)27-4-5-27)38-30-8-13-34-32(39-30)26-21-37-43(23-26)46(44,45)28-6-7-28/h8,13,18-23,27-28H,4-7,9-12,14-17H2,1H3,(H,34,35,38,39). The summed E-state index contributed by atoms with van der Waals surface area (Å²) in [6, 6.07) is 4.35. The summed E-state index contributed by atoms with van der Waals surface area (Å²) in [5.41, 5.74) is 3.82. The van der Waals surface area contributed by atoms with Gasteiger partial charge in [-0.1, -0.05) is 11.8 Å². The number of nitrogens with one attached hydrogen (secondary N) is 1. The van der Waals surface area contributed by atoms with Crippen LogP contribution in [-0.4, -0.2) is 85.7 Å². The van der Waals surface area contributed by atoms with Gasteiger partial charge in [-0.2, -0.15) is 14.3 Å². The molecule has 0 aromatic carbocycles. The average molecular weight is 639 g/mol. The van der Waals surface area contributed by atoms with Gasteiger partial charge in [0.1, 0.15) is 11.6 Å². The zero-order chi connectivity index (χ0) is 31.3. The molecule has 4 aliphatic rings. The predicted molar refractivity (Wildman–Crippen MR) is 175 cm³/mol. The number of piperidine rings is 2. The maximum Gasteiger partial charge on any atom is 0.256 e. The number of rotatable bonds is 7. The molecule has 13 heteroatoms. The van der Waals surface area contributed by atoms with Gasteiger partial charge in [0.2, 0.25) is 0 Å². The Morgan fingerprint density at radius 3 is 2.43 bits per heavy atom. The number of anilines is 3. The van der Waals surface area contributed by atoms with E-state index in [1.165, 1.54) is 64.0 Å². The highest BCUT2D eigenvalue weighted by Gasteiger charge is 2.38. The summed E-state index contributed by atoms with van der Waals surface area (Å²) in [5, 5.41) is 11.6. The molecule has 2 saturated carbocycles. The van der Waals surface area contributed by atoms with E-state index in [-0.39, 0.29) is 5.25 Å². The van der Waals surface area contributed by atoms with Gasteiger partial charge in [-0.3, -0.25) is 4.68 Å². The van der Waals surface area contributed by atoms with E-state index in [2.05, 4.69) is 60.2 Å². The lowest BCUT2D eigenvalue weighted by Crippen LogP contribution is -2.46. The first-order valence-corrected chi connectivity index (χ1v) is 17.7. The summed E-state index contributed by atoms with van der Waals surface area (Å²) in [6.45, 7) is 4.30. The first-order valence-electron chi connectivity index (χ1n) is 16.2. The van der Waals surface area contributed by atoms with E-state index in [1.807, 2.05) is 23.3 Å². The van der Waals surface area contributed by atoms with Gasteiger partial charge in [0, 0.05) is 37.7 Å². The van der Waals surface area contributed by atoms with E-state index >= 15 is 0 Å². The quantitative estimate of drug-likeness (QED) is 0.296. The molecular formula is C33H38N10O2S. The van der Waals surface area contributed by atoms with Crippen LogP contribution in [0.2, 0.25) is 0 Å². The van der Waals surface area contributed by atoms with Crippen molar-refractivity contribution >= 4 is 27.3 Å². The molecule has 4 aromatic heterocycles. The van der Waals surface area contributed by atoms with E-state index in [9.17, 15) is 8.42 Å². The molecule has 46 heavy (non-hydrogen) atoms. The zero-order valence-corrected chi connectivity index (χ0v) is 26.8. The van der Waals surface area contributed by atoms with E-state index in [4.69, 9.17) is 4.98 Å². The van der Waals surface area contributed by atoms with Crippen LogP contribution < -0.4 is 10.2 Å². The maximum absolute atomic E-state index is 12.6. The van der Waals surface area contributed by atoms with Crippen molar-refractivity contribution in [3.05, 3.63) is 60.4 Å². The van der Waals surface area contributed by atoms with E-state index < -0.39 is 10.0 Å². The molecule has 2 saturated heterocycles. The summed E-state index contributed by atoms with van der Waals surface area (Å²) in [4.78, 5) is 18.6. The maximum atomic E-state index is 12.6. The molecule has 0 atom stereocenters. The number of hydrogen-bond donors (Lipinski definition) is 1. The third-order valence-electron chi connectivity index (χ3n) is 9.90. The lowest BCUT2D eigenvalue weighted by atomic mass is 9.71. The van der Waals surface area contributed by atoms with Crippen molar-refractivity contribution in [1.29, 1.82) is 0 Å². The van der Waals surface area contributed by atoms with Crippen LogP contribution in [0.1, 0.15) is 68.5 Å². The van der Waals surface area contributed by atoms with Crippen molar-refractivity contribution in [1.82, 2.24) is 38.8 Å². The summed E-state index contributed by atoms with van der Waals surface area (Å²) >= 11 is 0. The van der Waals surface area contributed by atoms with Gasteiger partial charge < -0.3 is 15.1 Å². The van der Waals surface area contributed by atoms with Crippen LogP contribution in [0.5, 0.6) is 0 Å². The van der Waals surface area contributed by atoms with Crippen molar-refractivity contribution < 1.29 is 8.42 Å². The van der Waals surface area contributed by atoms with Crippen molar-refractivity contribution in [3.63, 3.8) is 0 Å². The minimum atomic E-state index is -3.46. The Morgan fingerprint density at radius 2 is 1.67 bits per heavy atom. The SMILES string of the molecule is CN1CCC2(CC1)CCN(c1cc(Nc3ccnc(-c4cnn(S(=O)(=O)C5CC5)c4)n3)ncc1C#Cc1cnn(C3CC3)c1)CC2. The van der Waals surface area contributed by atoms with Gasteiger partial charge in [-0.05, 0) is 83.0 Å². The lowest BCUT2D eigenvalue weighted by molar-refractivity contribution is 0.0945. The van der Waals surface area contributed by atoms with Gasteiger partial charge in [-0.25, -0.2) is 23.4 Å². The van der Waals surface area contributed by atoms with Crippen LogP contribution in [0.25, 0.3) is 11.4 Å². The summed E-state index contributed by atoms with van der Waals surface area (Å²) in [6.07, 6.45) is 18.9. The molecule has 0 unspecified atom stereocenters. The Balaban J connectivity index is 1.05. The fourth-order valence-electron chi connectivity index (χ4n) is 6.54. The van der Waals surface area contributed by atoms with Gasteiger partial charge in [0.05, 0.1) is 52.3 Å². The average Bonchev–Trinajstić information content (AvgIpc) is 4.01. The third-order valence-corrected chi connectivity index (χ3v) is 11.9. The fraction of sp³-hybridized carbons (Fsp3) is 0.485. The van der Waals surface area contributed by atoms with Crippen molar-refractivity contribution in [2.24, 2.45) is 5.41 Å². The Bertz CT molecular complexity index is 1910. The molecule has 0 amide bonds. The lowest BCUT2D eigenvalue weighted by Gasteiger charge is -2.47. The minimum Gasteiger partial charge on any atom is -0.370 e. The third kappa shape index (κ3) is 5.99. The molecular weight excluding hydrogens is 600 g/mol. The van der Waals surface area contributed by atoms with Gasteiger partial charge >= 0.3 is 0 Å². The van der Waals surface area contributed by atoms with Crippen LogP contribution in [0.4, 0.5) is 17.3 Å². The van der Waals surface area contributed by atoms with E-state index in [0.29, 0.717) is 47.3 Å². The molecule has 2 aliphatic carbocycles. The van der Waals surface area contributed by atoms with Crippen LogP contribution in [0.15, 0.2) is 49.3 Å². The van der Waals surface area contributed by atoms with Crippen LogP contribution in [0.3, 0.4) is 0 Å². The van der Waals surface area contributed by atoms with Gasteiger partial charge in [0.15, 0.2) is 5.82 Å². The van der Waals surface area contributed by atoms with Crippen LogP contribution in [-0.2, 0) is 10.0 Å². The van der Waals surface area contributed by atoms with Crippen LogP contribution >= 0.6 is 0 Å². The molecule has 238 valence electrons. The topological polar surface area (TPSA) is 127 Å². The fourth-order valence-corrected chi connectivity index (χ4v) is 8.02. The van der Waals surface area contributed by atoms with Gasteiger partial charge in [0.25, 0.3) is 10.0 Å². The highest BCUT2D eigenvalue weighted by atomic mass is 32.2. The van der Waals surface area contributed by atoms with Crippen molar-refractivity contribution in [2.45, 2.75) is 62.7 Å². The molecule has 1 spiro atoms. The Hall–Kier alpha value is -4.28. The largest absolute Gasteiger partial charge is 0.370 e. The highest BCUT2D eigenvalue weighted by molar-refractivity contribution is 7.90. The summed E-state index contributed by atoms with van der Waals surface area (Å²) in [5.74, 6) is 8.31. The molecule has 0 bridgehead atoms. The molecule has 8 rings (SSSR count). The first kappa shape index (κ1) is 29.1. The molecule has 4 aromatic rings. The molecule has 1 N–H and O–H groups in total. The molecule has 0 radical (unpaired) electrons. The first-order chi connectivity index (χ1) is 22.3. The second-order valence-electron chi connectivity index (χ2n) is 13.3. The summed E-state index contributed by atoms with van der Waals surface area (Å²) in [7, 11) is -1.24. The zero-order valence-electron chi connectivity index (χ0n) is 26.0. The second-order valence-corrected chi connectivity index (χ2v) is 15.4. The number of pyridine rings is 1. The van der Waals surface area contributed by atoms with Crippen LogP contribution in [0, 0.1) is 17.3 Å². The van der Waals surface area contributed by atoms with Crippen molar-refractivity contribution in [2.75, 3.05) is 43.4 Å². The van der Waals surface area contributed by atoms with Gasteiger partial charge in [-0.15, -0.1) is 0 Å². The normalized spacial score (nSPS) is 20.0. The van der Waals surface area contributed by atoms with Crippen molar-refractivity contribution in [3.8, 4) is 23.2 Å². The smallest absolute Gasteiger partial charge is 0.256 e. The minimum absolute atomic E-state index is 0.350. The molecule has 2 aliphatic heterocycles.